The number of guanidine groups is 2. The van der Waals surface area contributed by atoms with E-state index in [1.54, 1.807) is 0 Å². The molecule has 1 heterocycles. The number of nitrogens with one attached hydrogen (secondary N) is 3. The second kappa shape index (κ2) is 8.61. The summed E-state index contributed by atoms with van der Waals surface area (Å²) in [4.78, 5) is 23.0. The Balaban J connectivity index is 1.74. The Morgan fingerprint density at radius 3 is 2.28 bits per heavy atom. The van der Waals surface area contributed by atoms with Crippen LogP contribution in [0.25, 0.3) is 0 Å². The summed E-state index contributed by atoms with van der Waals surface area (Å²) in [5.74, 6) is -1.91. The normalized spacial score (nSPS) is 15.9. The molecule has 1 aliphatic rings. The number of amides is 1. The van der Waals surface area contributed by atoms with E-state index in [-0.39, 0.29) is 29.0 Å². The first-order valence-corrected chi connectivity index (χ1v) is 8.77. The molecule has 0 saturated carbocycles. The van der Waals surface area contributed by atoms with Gasteiger partial charge in [-0.05, 0) is 49.2 Å². The molecule has 168 valence electrons. The highest BCUT2D eigenvalue weighted by molar-refractivity contribution is 6.08. The number of aliphatic imine (C=N–C) groups is 3. The van der Waals surface area contributed by atoms with Gasteiger partial charge in [0.1, 0.15) is 0 Å². The van der Waals surface area contributed by atoms with Gasteiger partial charge in [-0.15, -0.1) is 0 Å². The van der Waals surface area contributed by atoms with Crippen molar-refractivity contribution in [2.24, 2.45) is 15.0 Å². The summed E-state index contributed by atoms with van der Waals surface area (Å²) in [7, 11) is 1.40. The molecule has 0 fully saturated rings. The van der Waals surface area contributed by atoms with E-state index >= 15 is 0 Å². The molecule has 0 spiro atoms. The quantitative estimate of drug-likeness (QED) is 0.360. The Bertz CT molecular complexity index is 1100. The number of nitrogens with zero attached hydrogens (tertiary/aromatic N) is 3. The van der Waals surface area contributed by atoms with E-state index in [9.17, 15) is 26.7 Å². The van der Waals surface area contributed by atoms with E-state index in [1.165, 1.54) is 37.4 Å². The van der Waals surface area contributed by atoms with Crippen molar-refractivity contribution in [3.05, 3.63) is 48.0 Å². The van der Waals surface area contributed by atoms with Gasteiger partial charge >= 0.3 is 18.2 Å². The Morgan fingerprint density at radius 2 is 1.69 bits per heavy atom. The van der Waals surface area contributed by atoms with Gasteiger partial charge < -0.3 is 20.7 Å². The minimum Gasteiger partial charge on any atom is -0.423 e. The standard InChI is InChI=1S/C19H15F5N6O2/c1-25-16(27-11-5-3-10(4-6-11)18(20,21)22)30-17(26-2)28-12-7-8-14-13(9-12)29-15(31)19(23,24)32-14/h3-9H,1H2,2H3,(H,29,31)(H2,26,27,28,30). The zero-order valence-electron chi connectivity index (χ0n) is 16.3. The molecule has 0 radical (unpaired) electrons. The number of benzene rings is 2. The summed E-state index contributed by atoms with van der Waals surface area (Å²) in [6.45, 7) is 3.35. The molecular weight excluding hydrogens is 439 g/mol. The van der Waals surface area contributed by atoms with Crippen LogP contribution in [0.4, 0.5) is 39.0 Å². The van der Waals surface area contributed by atoms with Crippen LogP contribution >= 0.6 is 0 Å². The monoisotopic (exact) mass is 454 g/mol. The Morgan fingerprint density at radius 1 is 1.06 bits per heavy atom. The Kier molecular flexibility index (Phi) is 6.09. The number of rotatable bonds is 2. The van der Waals surface area contributed by atoms with Gasteiger partial charge in [-0.1, -0.05) is 0 Å². The molecule has 1 aliphatic heterocycles. The summed E-state index contributed by atoms with van der Waals surface area (Å²) in [6, 6.07) is 8.11. The molecule has 2 aromatic carbocycles. The van der Waals surface area contributed by atoms with Gasteiger partial charge in [0.25, 0.3) is 0 Å². The van der Waals surface area contributed by atoms with Crippen molar-refractivity contribution < 1.29 is 31.5 Å². The third kappa shape index (κ3) is 5.17. The molecule has 0 unspecified atom stereocenters. The number of hydrogen-bond donors (Lipinski definition) is 3. The van der Waals surface area contributed by atoms with Crippen LogP contribution in [0.3, 0.4) is 0 Å². The summed E-state index contributed by atoms with van der Waals surface area (Å²) >= 11 is 0. The largest absolute Gasteiger partial charge is 0.482 e. The molecule has 0 bridgehead atoms. The molecule has 3 N–H and O–H groups in total. The molecule has 0 aliphatic carbocycles. The van der Waals surface area contributed by atoms with E-state index in [1.807, 2.05) is 5.32 Å². The third-order valence-corrected chi connectivity index (χ3v) is 4.03. The maximum Gasteiger partial charge on any atom is 0.482 e. The maximum absolute atomic E-state index is 13.3. The van der Waals surface area contributed by atoms with E-state index < -0.39 is 23.8 Å². The highest BCUT2D eigenvalue weighted by atomic mass is 19.4. The van der Waals surface area contributed by atoms with E-state index in [2.05, 4.69) is 37.1 Å². The Labute approximate surface area is 177 Å². The lowest BCUT2D eigenvalue weighted by atomic mass is 10.2. The van der Waals surface area contributed by atoms with Crippen molar-refractivity contribution in [3.8, 4) is 5.75 Å². The van der Waals surface area contributed by atoms with Gasteiger partial charge in [0.15, 0.2) is 5.75 Å². The second-order valence-electron chi connectivity index (χ2n) is 6.25. The molecule has 2 aromatic rings. The summed E-state index contributed by atoms with van der Waals surface area (Å²) in [5.41, 5.74) is -0.212. The fraction of sp³-hybridized carbons (Fsp3) is 0.158. The van der Waals surface area contributed by atoms with Crippen molar-refractivity contribution >= 4 is 41.6 Å². The fourth-order valence-corrected chi connectivity index (χ4v) is 2.51. The van der Waals surface area contributed by atoms with Crippen LogP contribution in [0.15, 0.2) is 57.4 Å². The number of fused-ring (bicyclic) bond motifs is 1. The van der Waals surface area contributed by atoms with Gasteiger partial charge in [-0.25, -0.2) is 4.99 Å². The third-order valence-electron chi connectivity index (χ3n) is 4.03. The topological polar surface area (TPSA) is 99.5 Å². The van der Waals surface area contributed by atoms with Crippen LogP contribution in [0, 0.1) is 0 Å². The van der Waals surface area contributed by atoms with Crippen LogP contribution < -0.4 is 20.7 Å². The molecule has 32 heavy (non-hydrogen) atoms. The first-order chi connectivity index (χ1) is 15.0. The lowest BCUT2D eigenvalue weighted by Gasteiger charge is -2.25. The van der Waals surface area contributed by atoms with Gasteiger partial charge in [-0.2, -0.15) is 26.9 Å². The average Bonchev–Trinajstić information content (AvgIpc) is 2.73. The average molecular weight is 454 g/mol. The lowest BCUT2D eigenvalue weighted by molar-refractivity contribution is -0.189. The summed E-state index contributed by atoms with van der Waals surface area (Å²) < 4.78 is 69.0. The number of carbonyl (C=O) groups is 1. The smallest absolute Gasteiger partial charge is 0.423 e. The number of carbonyl (C=O) groups excluding carboxylic acids is 1. The van der Waals surface area contributed by atoms with Gasteiger partial charge in [0.05, 0.1) is 11.3 Å². The predicted octanol–water partition coefficient (Wildman–Crippen LogP) is 4.20. The number of ether oxygens (including phenoxy) is 1. The first kappa shape index (κ1) is 22.7. The van der Waals surface area contributed by atoms with Gasteiger partial charge in [0, 0.05) is 18.4 Å². The SMILES string of the molecule is C=NC(=NC(=NC)Nc1ccc2c(c1)NC(=O)C(F)(F)O2)Nc1ccc(C(F)(F)F)cc1. The highest BCUT2D eigenvalue weighted by Crippen LogP contribution is 2.37. The highest BCUT2D eigenvalue weighted by Gasteiger charge is 2.46. The molecule has 8 nitrogen and oxygen atoms in total. The lowest BCUT2D eigenvalue weighted by Crippen LogP contribution is -2.43. The Hall–Kier alpha value is -4.03. The van der Waals surface area contributed by atoms with E-state index in [0.717, 1.165) is 12.1 Å². The van der Waals surface area contributed by atoms with Crippen molar-refractivity contribution in [2.45, 2.75) is 12.3 Å². The van der Waals surface area contributed by atoms with Crippen LogP contribution in [0.1, 0.15) is 5.56 Å². The maximum atomic E-state index is 13.3. The molecule has 0 saturated heterocycles. The number of alkyl halides is 5. The minimum absolute atomic E-state index is 0.000135. The second-order valence-corrected chi connectivity index (χ2v) is 6.25. The molecule has 0 atom stereocenters. The molecule has 13 heteroatoms. The molecular formula is C19H15F5N6O2. The van der Waals surface area contributed by atoms with E-state index in [4.69, 9.17) is 0 Å². The number of hydrogen-bond acceptors (Lipinski definition) is 3. The minimum atomic E-state index is -4.46. The fourth-order valence-electron chi connectivity index (χ4n) is 2.51. The van der Waals surface area contributed by atoms with E-state index in [0.29, 0.717) is 5.69 Å². The van der Waals surface area contributed by atoms with Crippen molar-refractivity contribution in [2.75, 3.05) is 23.0 Å². The first-order valence-electron chi connectivity index (χ1n) is 8.77. The zero-order valence-corrected chi connectivity index (χ0v) is 16.3. The zero-order chi connectivity index (χ0) is 23.5. The van der Waals surface area contributed by atoms with Crippen molar-refractivity contribution in [1.82, 2.24) is 0 Å². The molecule has 1 amide bonds. The molecule has 3 rings (SSSR count). The summed E-state index contributed by atoms with van der Waals surface area (Å²) in [5, 5.41) is 7.51. The van der Waals surface area contributed by atoms with Crippen molar-refractivity contribution in [1.29, 1.82) is 0 Å². The molecule has 0 aromatic heterocycles. The number of anilines is 3. The van der Waals surface area contributed by atoms with Crippen LogP contribution in [0.2, 0.25) is 0 Å². The summed E-state index contributed by atoms with van der Waals surface area (Å²) in [6.07, 6.45) is -8.44. The van der Waals surface area contributed by atoms with Crippen LogP contribution in [0.5, 0.6) is 5.75 Å². The van der Waals surface area contributed by atoms with Gasteiger partial charge in [0.2, 0.25) is 11.9 Å². The van der Waals surface area contributed by atoms with Gasteiger partial charge in [-0.3, -0.25) is 9.79 Å². The number of halogens is 5. The predicted molar refractivity (Wildman–Crippen MR) is 110 cm³/mol. The van der Waals surface area contributed by atoms with Crippen LogP contribution in [-0.4, -0.2) is 37.7 Å². The van der Waals surface area contributed by atoms with Crippen LogP contribution in [-0.2, 0) is 11.0 Å². The van der Waals surface area contributed by atoms with Crippen molar-refractivity contribution in [3.63, 3.8) is 0 Å².